The summed E-state index contributed by atoms with van der Waals surface area (Å²) in [5, 5.41) is 11.1. The highest BCUT2D eigenvalue weighted by molar-refractivity contribution is 9.10. The molecule has 0 heterocycles. The van der Waals surface area contributed by atoms with E-state index in [2.05, 4.69) is 21.2 Å². The number of aliphatic carboxylic acids is 1. The second-order valence-corrected chi connectivity index (χ2v) is 4.26. The highest BCUT2D eigenvalue weighted by Gasteiger charge is 2.17. The van der Waals surface area contributed by atoms with E-state index in [-0.39, 0.29) is 0 Å². The van der Waals surface area contributed by atoms with Gasteiger partial charge in [0.2, 0.25) is 0 Å². The minimum atomic E-state index is -1.06. The lowest BCUT2D eigenvalue weighted by Gasteiger charge is -2.11. The average molecular weight is 286 g/mol. The molecule has 86 valence electrons. The molecule has 0 aliphatic heterocycles. The summed E-state index contributed by atoms with van der Waals surface area (Å²) in [7, 11) is 0. The van der Waals surface area contributed by atoms with Gasteiger partial charge in [-0.05, 0) is 41.4 Å². The van der Waals surface area contributed by atoms with Gasteiger partial charge in [-0.2, -0.15) is 0 Å². The second-order valence-electron chi connectivity index (χ2n) is 3.47. The van der Waals surface area contributed by atoms with E-state index < -0.39 is 17.9 Å². The molecule has 1 aromatic carbocycles. The van der Waals surface area contributed by atoms with Crippen LogP contribution in [0, 0.1) is 6.92 Å². The van der Waals surface area contributed by atoms with E-state index in [0.29, 0.717) is 10.0 Å². The number of rotatable bonds is 3. The smallest absolute Gasteiger partial charge is 0.325 e. The van der Waals surface area contributed by atoms with Crippen LogP contribution in [-0.4, -0.2) is 23.0 Å². The molecular weight excluding hydrogens is 274 g/mol. The van der Waals surface area contributed by atoms with Gasteiger partial charge in [-0.25, -0.2) is 0 Å². The Kier molecular flexibility index (Phi) is 4.06. The summed E-state index contributed by atoms with van der Waals surface area (Å²) in [4.78, 5) is 22.3. The van der Waals surface area contributed by atoms with Crippen molar-refractivity contribution in [1.29, 1.82) is 0 Å². The van der Waals surface area contributed by atoms with Crippen LogP contribution in [0.4, 0.5) is 0 Å². The van der Waals surface area contributed by atoms with Crippen LogP contribution < -0.4 is 5.32 Å². The van der Waals surface area contributed by atoms with Crippen molar-refractivity contribution in [3.05, 3.63) is 33.8 Å². The van der Waals surface area contributed by atoms with Crippen molar-refractivity contribution in [3.8, 4) is 0 Å². The number of carboxylic acid groups (broad SMARTS) is 1. The third-order valence-electron chi connectivity index (χ3n) is 2.15. The van der Waals surface area contributed by atoms with Gasteiger partial charge >= 0.3 is 5.97 Å². The van der Waals surface area contributed by atoms with E-state index in [1.807, 2.05) is 13.0 Å². The van der Waals surface area contributed by atoms with Gasteiger partial charge in [0.1, 0.15) is 6.04 Å². The molecule has 0 saturated heterocycles. The number of hydrogen-bond acceptors (Lipinski definition) is 2. The topological polar surface area (TPSA) is 66.4 Å². The number of aryl methyl sites for hydroxylation is 1. The highest BCUT2D eigenvalue weighted by Crippen LogP contribution is 2.20. The van der Waals surface area contributed by atoms with Crippen LogP contribution in [0.3, 0.4) is 0 Å². The predicted octanol–water partition coefficient (Wildman–Crippen LogP) is 1.96. The number of carbonyl (C=O) groups excluding carboxylic acids is 1. The summed E-state index contributed by atoms with van der Waals surface area (Å²) in [6.45, 7) is 3.28. The molecule has 0 unspecified atom stereocenters. The Morgan fingerprint density at radius 2 is 2.06 bits per heavy atom. The molecule has 0 saturated carbocycles. The normalized spacial score (nSPS) is 11.9. The molecule has 2 N–H and O–H groups in total. The van der Waals surface area contributed by atoms with Gasteiger partial charge < -0.3 is 10.4 Å². The molecule has 1 atom stereocenters. The molecule has 1 amide bonds. The Labute approximate surface area is 102 Å². The summed E-state index contributed by atoms with van der Waals surface area (Å²) in [6, 6.07) is 4.35. The van der Waals surface area contributed by atoms with Crippen molar-refractivity contribution >= 4 is 27.8 Å². The molecular formula is C11H12BrNO3. The zero-order chi connectivity index (χ0) is 12.3. The van der Waals surface area contributed by atoms with Crippen LogP contribution in [0.15, 0.2) is 22.7 Å². The molecule has 0 fully saturated rings. The summed E-state index contributed by atoms with van der Waals surface area (Å²) >= 11 is 3.30. The van der Waals surface area contributed by atoms with Gasteiger partial charge in [0.25, 0.3) is 5.91 Å². The monoisotopic (exact) mass is 285 g/mol. The molecule has 0 radical (unpaired) electrons. The SMILES string of the molecule is Cc1cccc(C(=O)N[C@@H](C)C(=O)O)c1Br. The highest BCUT2D eigenvalue weighted by atomic mass is 79.9. The van der Waals surface area contributed by atoms with Crippen LogP contribution in [0.1, 0.15) is 22.8 Å². The van der Waals surface area contributed by atoms with Crippen molar-refractivity contribution < 1.29 is 14.7 Å². The molecule has 16 heavy (non-hydrogen) atoms. The van der Waals surface area contributed by atoms with Gasteiger partial charge in [-0.15, -0.1) is 0 Å². The van der Waals surface area contributed by atoms with Crippen molar-refractivity contribution in [2.75, 3.05) is 0 Å². The van der Waals surface area contributed by atoms with E-state index in [9.17, 15) is 9.59 Å². The van der Waals surface area contributed by atoms with Crippen molar-refractivity contribution in [3.63, 3.8) is 0 Å². The summed E-state index contributed by atoms with van der Waals surface area (Å²) < 4.78 is 0.685. The van der Waals surface area contributed by atoms with Crippen molar-refractivity contribution in [1.82, 2.24) is 5.32 Å². The Morgan fingerprint density at radius 3 is 2.62 bits per heavy atom. The number of nitrogens with one attached hydrogen (secondary N) is 1. The molecule has 5 heteroatoms. The standard InChI is InChI=1S/C11H12BrNO3/c1-6-4-3-5-8(9(6)12)10(14)13-7(2)11(15)16/h3-5,7H,1-2H3,(H,13,14)(H,15,16)/t7-/m0/s1. The Bertz CT molecular complexity index is 431. The quantitative estimate of drug-likeness (QED) is 0.892. The molecule has 0 aromatic heterocycles. The number of carboxylic acids is 1. The van der Waals surface area contributed by atoms with E-state index in [0.717, 1.165) is 5.56 Å². The Balaban J connectivity index is 2.89. The van der Waals surface area contributed by atoms with Crippen molar-refractivity contribution in [2.45, 2.75) is 19.9 Å². The maximum atomic E-state index is 11.7. The van der Waals surface area contributed by atoms with Crippen LogP contribution in [0.5, 0.6) is 0 Å². The fraction of sp³-hybridized carbons (Fsp3) is 0.273. The first-order valence-corrected chi connectivity index (χ1v) is 5.51. The number of hydrogen-bond donors (Lipinski definition) is 2. The summed E-state index contributed by atoms with van der Waals surface area (Å²) in [5.41, 5.74) is 1.36. The third kappa shape index (κ3) is 2.82. The third-order valence-corrected chi connectivity index (χ3v) is 3.21. The predicted molar refractivity (Wildman–Crippen MR) is 63.4 cm³/mol. The lowest BCUT2D eigenvalue weighted by atomic mass is 10.1. The van der Waals surface area contributed by atoms with Crippen molar-refractivity contribution in [2.24, 2.45) is 0 Å². The average Bonchev–Trinajstić information content (AvgIpc) is 2.21. The zero-order valence-electron chi connectivity index (χ0n) is 8.95. The van der Waals surface area contributed by atoms with Crippen LogP contribution >= 0.6 is 15.9 Å². The summed E-state index contributed by atoms with van der Waals surface area (Å²) in [5.74, 6) is -1.46. The van der Waals surface area contributed by atoms with E-state index >= 15 is 0 Å². The van der Waals surface area contributed by atoms with Gasteiger partial charge in [0, 0.05) is 4.47 Å². The molecule has 0 spiro atoms. The van der Waals surface area contributed by atoms with Gasteiger partial charge in [0.05, 0.1) is 5.56 Å². The summed E-state index contributed by atoms with van der Waals surface area (Å²) in [6.07, 6.45) is 0. The van der Waals surface area contributed by atoms with E-state index in [1.165, 1.54) is 6.92 Å². The van der Waals surface area contributed by atoms with Gasteiger partial charge in [-0.3, -0.25) is 9.59 Å². The second kappa shape index (κ2) is 5.12. The van der Waals surface area contributed by atoms with Gasteiger partial charge in [0.15, 0.2) is 0 Å². The number of halogens is 1. The Morgan fingerprint density at radius 1 is 1.44 bits per heavy atom. The Hall–Kier alpha value is -1.36. The van der Waals surface area contributed by atoms with E-state index in [4.69, 9.17) is 5.11 Å². The number of benzene rings is 1. The number of amides is 1. The first-order chi connectivity index (χ1) is 7.43. The first kappa shape index (κ1) is 12.7. The molecule has 1 rings (SSSR count). The largest absolute Gasteiger partial charge is 0.480 e. The van der Waals surface area contributed by atoms with Gasteiger partial charge in [-0.1, -0.05) is 12.1 Å². The molecule has 0 aliphatic carbocycles. The maximum absolute atomic E-state index is 11.7. The lowest BCUT2D eigenvalue weighted by Crippen LogP contribution is -2.38. The minimum Gasteiger partial charge on any atom is -0.480 e. The molecule has 4 nitrogen and oxygen atoms in total. The fourth-order valence-electron chi connectivity index (χ4n) is 1.16. The lowest BCUT2D eigenvalue weighted by molar-refractivity contribution is -0.138. The van der Waals surface area contributed by atoms with Crippen LogP contribution in [0.2, 0.25) is 0 Å². The minimum absolute atomic E-state index is 0.398. The van der Waals surface area contributed by atoms with E-state index in [1.54, 1.807) is 12.1 Å². The maximum Gasteiger partial charge on any atom is 0.325 e. The molecule has 0 bridgehead atoms. The fourth-order valence-corrected chi connectivity index (χ4v) is 1.60. The zero-order valence-corrected chi connectivity index (χ0v) is 10.5. The van der Waals surface area contributed by atoms with Crippen LogP contribution in [0.25, 0.3) is 0 Å². The number of carbonyl (C=O) groups is 2. The first-order valence-electron chi connectivity index (χ1n) is 4.72. The van der Waals surface area contributed by atoms with Crippen LogP contribution in [-0.2, 0) is 4.79 Å². The molecule has 0 aliphatic rings. The molecule has 1 aromatic rings.